The summed E-state index contributed by atoms with van der Waals surface area (Å²) >= 11 is 0. The summed E-state index contributed by atoms with van der Waals surface area (Å²) in [4.78, 5) is 19.2. The van der Waals surface area contributed by atoms with Crippen molar-refractivity contribution in [3.8, 4) is 0 Å². The monoisotopic (exact) mass is 498 g/mol. The lowest BCUT2D eigenvalue weighted by Gasteiger charge is -2.44. The number of aromatic nitrogens is 4. The fourth-order valence-electron chi connectivity index (χ4n) is 5.42. The molecule has 1 aromatic carbocycles. The Hall–Kier alpha value is -3.78. The maximum absolute atomic E-state index is 13.3. The zero-order chi connectivity index (χ0) is 25.7. The van der Waals surface area contributed by atoms with E-state index in [1.54, 1.807) is 32.0 Å². The largest absolute Gasteiger partial charge is 0.386 e. The molecule has 190 valence electrons. The van der Waals surface area contributed by atoms with Crippen molar-refractivity contribution in [2.24, 2.45) is 0 Å². The van der Waals surface area contributed by atoms with Gasteiger partial charge in [0.1, 0.15) is 5.69 Å². The minimum absolute atomic E-state index is 0.345. The van der Waals surface area contributed by atoms with Crippen molar-refractivity contribution in [1.82, 2.24) is 29.6 Å². The molecule has 4 heterocycles. The zero-order valence-corrected chi connectivity index (χ0v) is 21.0. The lowest BCUT2D eigenvalue weighted by atomic mass is 9.85. The van der Waals surface area contributed by atoms with Crippen LogP contribution < -0.4 is 10.6 Å². The quantitative estimate of drug-likeness (QED) is 0.365. The van der Waals surface area contributed by atoms with Crippen molar-refractivity contribution in [2.75, 3.05) is 31.5 Å². The van der Waals surface area contributed by atoms with E-state index >= 15 is 0 Å². The topological polar surface area (TPSA) is 104 Å². The molecule has 1 amide bonds. The number of nitrogens with one attached hydrogen (secondary N) is 2. The van der Waals surface area contributed by atoms with Gasteiger partial charge in [-0.05, 0) is 57.0 Å². The van der Waals surface area contributed by atoms with Gasteiger partial charge in [-0.25, -0.2) is 9.36 Å². The zero-order valence-electron chi connectivity index (χ0n) is 21.0. The van der Waals surface area contributed by atoms with Crippen LogP contribution in [0.4, 0.5) is 11.4 Å². The number of fused-ring (bicyclic) bond motifs is 2. The van der Waals surface area contributed by atoms with Crippen LogP contribution >= 0.6 is 0 Å². The first-order valence-electron chi connectivity index (χ1n) is 12.7. The van der Waals surface area contributed by atoms with E-state index in [-0.39, 0.29) is 5.91 Å². The van der Waals surface area contributed by atoms with Gasteiger partial charge in [0.05, 0.1) is 35.4 Å². The number of anilines is 1. The number of piperazine rings is 1. The lowest BCUT2D eigenvalue weighted by Crippen LogP contribution is -2.53. The van der Waals surface area contributed by atoms with Crippen LogP contribution in [0.1, 0.15) is 48.8 Å². The number of rotatable bonds is 5. The Morgan fingerprint density at radius 1 is 1.19 bits per heavy atom. The summed E-state index contributed by atoms with van der Waals surface area (Å²) in [7, 11) is 0. The van der Waals surface area contributed by atoms with Crippen molar-refractivity contribution in [3.05, 3.63) is 65.4 Å². The highest BCUT2D eigenvalue weighted by Crippen LogP contribution is 2.38. The van der Waals surface area contributed by atoms with Gasteiger partial charge in [-0.15, -0.1) is 0 Å². The molecule has 3 aromatic heterocycles. The maximum atomic E-state index is 13.3. The SMILES string of the molecule is [C-]#[N+]c1cnn2c(C(=O)Nc3cc4cn(C5CC(N6CCNCC6)C5)nc4cc3C(C)(C)O)ccc2c1. The number of hydrogen-bond donors (Lipinski definition) is 3. The average molecular weight is 499 g/mol. The minimum atomic E-state index is -1.19. The highest BCUT2D eigenvalue weighted by atomic mass is 16.3. The third-order valence-corrected chi connectivity index (χ3v) is 7.55. The number of carbonyl (C=O) groups excluding carboxylic acids is 1. The van der Waals surface area contributed by atoms with Gasteiger partial charge in [0.2, 0.25) is 5.69 Å². The van der Waals surface area contributed by atoms with Crippen LogP contribution in [0, 0.1) is 6.57 Å². The van der Waals surface area contributed by atoms with E-state index in [0.29, 0.717) is 40.2 Å². The van der Waals surface area contributed by atoms with E-state index in [1.165, 1.54) is 10.7 Å². The molecule has 6 rings (SSSR count). The molecule has 0 bridgehead atoms. The molecule has 1 aliphatic carbocycles. The molecular weight excluding hydrogens is 468 g/mol. The first kappa shape index (κ1) is 23.6. The Morgan fingerprint density at radius 3 is 2.70 bits per heavy atom. The second-order valence-corrected chi connectivity index (χ2v) is 10.5. The summed E-state index contributed by atoms with van der Waals surface area (Å²) in [6.45, 7) is 14.9. The molecular formula is C27H30N8O2. The fraction of sp³-hybridized carbons (Fsp3) is 0.407. The maximum Gasteiger partial charge on any atom is 0.274 e. The summed E-state index contributed by atoms with van der Waals surface area (Å²) in [5.41, 5.74) is 2.15. The molecule has 2 aliphatic rings. The second-order valence-electron chi connectivity index (χ2n) is 10.5. The fourth-order valence-corrected chi connectivity index (χ4v) is 5.42. The summed E-state index contributed by atoms with van der Waals surface area (Å²) in [5, 5.41) is 27.3. The molecule has 0 spiro atoms. The highest BCUT2D eigenvalue weighted by molar-refractivity contribution is 6.05. The average Bonchev–Trinajstić information content (AvgIpc) is 3.46. The Bertz CT molecular complexity index is 1530. The minimum Gasteiger partial charge on any atom is -0.386 e. The highest BCUT2D eigenvalue weighted by Gasteiger charge is 2.36. The van der Waals surface area contributed by atoms with Crippen molar-refractivity contribution >= 4 is 33.7 Å². The van der Waals surface area contributed by atoms with Crippen molar-refractivity contribution in [3.63, 3.8) is 0 Å². The van der Waals surface area contributed by atoms with Crippen LogP contribution in [0.2, 0.25) is 0 Å². The van der Waals surface area contributed by atoms with E-state index in [1.807, 2.05) is 23.0 Å². The van der Waals surface area contributed by atoms with Gasteiger partial charge in [0, 0.05) is 55.1 Å². The molecule has 0 atom stereocenters. The third kappa shape index (κ3) is 4.35. The van der Waals surface area contributed by atoms with Gasteiger partial charge >= 0.3 is 0 Å². The molecule has 4 aromatic rings. The van der Waals surface area contributed by atoms with Crippen molar-refractivity contribution < 1.29 is 9.90 Å². The van der Waals surface area contributed by atoms with E-state index in [0.717, 1.165) is 49.9 Å². The summed E-state index contributed by atoms with van der Waals surface area (Å²) in [5.74, 6) is -0.349. The Morgan fingerprint density at radius 2 is 1.97 bits per heavy atom. The third-order valence-electron chi connectivity index (χ3n) is 7.55. The number of nitrogens with zero attached hydrogens (tertiary/aromatic N) is 6. The standard InChI is InChI=1S/C27H30N8O2/c1-27(2,37)22-14-23-17(16-34(32-23)21-12-20(13-21)33-8-6-29-7-9-33)10-24(22)31-26(36)25-5-4-19-11-18(28-3)15-30-35(19)25/h4-5,10-11,14-16,20-21,29,37H,6-9,12-13H2,1-2H3,(H,31,36). The first-order valence-corrected chi connectivity index (χ1v) is 12.7. The lowest BCUT2D eigenvalue weighted by molar-refractivity contribution is 0.0677. The van der Waals surface area contributed by atoms with Crippen LogP contribution in [-0.4, -0.2) is 67.5 Å². The summed E-state index contributed by atoms with van der Waals surface area (Å²) in [6, 6.07) is 9.84. The normalized spacial score (nSPS) is 20.6. The van der Waals surface area contributed by atoms with Crippen LogP contribution in [0.15, 0.2) is 42.7 Å². The first-order chi connectivity index (χ1) is 17.8. The number of aliphatic hydroxyl groups is 1. The predicted octanol–water partition coefficient (Wildman–Crippen LogP) is 3.32. The van der Waals surface area contributed by atoms with Crippen LogP contribution in [0.25, 0.3) is 21.3 Å². The second kappa shape index (κ2) is 8.95. The smallest absolute Gasteiger partial charge is 0.274 e. The number of carbonyl (C=O) groups is 1. The van der Waals surface area contributed by atoms with E-state index in [2.05, 4.69) is 25.5 Å². The van der Waals surface area contributed by atoms with Crippen molar-refractivity contribution in [2.45, 2.75) is 44.4 Å². The Balaban J connectivity index is 1.27. The predicted molar refractivity (Wildman–Crippen MR) is 141 cm³/mol. The van der Waals surface area contributed by atoms with Gasteiger partial charge < -0.3 is 15.7 Å². The Kier molecular flexibility index (Phi) is 5.71. The van der Waals surface area contributed by atoms with Gasteiger partial charge in [-0.1, -0.05) is 0 Å². The molecule has 0 unspecified atom stereocenters. The molecule has 1 saturated heterocycles. The van der Waals surface area contributed by atoms with Gasteiger partial charge in [-0.3, -0.25) is 14.4 Å². The number of hydrogen-bond acceptors (Lipinski definition) is 6. The molecule has 10 heteroatoms. The summed E-state index contributed by atoms with van der Waals surface area (Å²) in [6.07, 6.45) is 5.64. The van der Waals surface area contributed by atoms with E-state index < -0.39 is 5.60 Å². The van der Waals surface area contributed by atoms with E-state index in [9.17, 15) is 9.90 Å². The molecule has 3 N–H and O–H groups in total. The molecule has 37 heavy (non-hydrogen) atoms. The molecule has 0 radical (unpaired) electrons. The van der Waals surface area contributed by atoms with Crippen LogP contribution in [0.3, 0.4) is 0 Å². The van der Waals surface area contributed by atoms with Crippen molar-refractivity contribution in [1.29, 1.82) is 0 Å². The van der Waals surface area contributed by atoms with Gasteiger partial charge in [0.25, 0.3) is 5.91 Å². The number of benzene rings is 1. The van der Waals surface area contributed by atoms with Gasteiger partial charge in [-0.2, -0.15) is 10.2 Å². The van der Waals surface area contributed by atoms with Crippen LogP contribution in [-0.2, 0) is 5.60 Å². The Labute approximate surface area is 214 Å². The number of amides is 1. The molecule has 1 aliphatic heterocycles. The van der Waals surface area contributed by atoms with Crippen LogP contribution in [0.5, 0.6) is 0 Å². The molecule has 10 nitrogen and oxygen atoms in total. The van der Waals surface area contributed by atoms with Gasteiger partial charge in [0.15, 0.2) is 0 Å². The molecule has 1 saturated carbocycles. The molecule has 2 fully saturated rings. The van der Waals surface area contributed by atoms with E-state index in [4.69, 9.17) is 11.7 Å². The summed E-state index contributed by atoms with van der Waals surface area (Å²) < 4.78 is 3.55.